The molecule has 2 aromatic rings. The second-order valence-electron chi connectivity index (χ2n) is 7.07. The van der Waals surface area contributed by atoms with E-state index in [1.807, 2.05) is 18.2 Å². The van der Waals surface area contributed by atoms with Crippen molar-refractivity contribution in [2.45, 2.75) is 12.6 Å². The number of nitrogens with zero attached hydrogens (tertiary/aromatic N) is 2. The molecule has 3 rings (SSSR count). The molecule has 8 heteroatoms. The van der Waals surface area contributed by atoms with Crippen molar-refractivity contribution in [1.82, 2.24) is 4.90 Å². The number of nitrogens with two attached hydrogens (primary N) is 1. The van der Waals surface area contributed by atoms with Crippen molar-refractivity contribution in [1.29, 1.82) is 0 Å². The van der Waals surface area contributed by atoms with Crippen LogP contribution in [0.4, 0.5) is 24.5 Å². The first-order valence-corrected chi connectivity index (χ1v) is 9.62. The SMILES string of the molecule is NC(=O)c1ccc(C(F)(F)F)cc1NCCCN1CCN(c2ccccc2)CC1. The summed E-state index contributed by atoms with van der Waals surface area (Å²) in [6, 6.07) is 13.2. The van der Waals surface area contributed by atoms with Crippen molar-refractivity contribution >= 4 is 17.3 Å². The van der Waals surface area contributed by atoms with Gasteiger partial charge in [-0.3, -0.25) is 9.69 Å². The number of anilines is 2. The average Bonchev–Trinajstić information content (AvgIpc) is 2.71. The summed E-state index contributed by atoms with van der Waals surface area (Å²) in [4.78, 5) is 16.2. The number of carbonyl (C=O) groups is 1. The van der Waals surface area contributed by atoms with Gasteiger partial charge in [-0.25, -0.2) is 0 Å². The largest absolute Gasteiger partial charge is 0.416 e. The molecule has 0 saturated carbocycles. The number of primary amides is 1. The highest BCUT2D eigenvalue weighted by atomic mass is 19.4. The van der Waals surface area contributed by atoms with Crippen LogP contribution in [0, 0.1) is 0 Å². The van der Waals surface area contributed by atoms with E-state index in [0.29, 0.717) is 6.54 Å². The first kappa shape index (κ1) is 21.0. The summed E-state index contributed by atoms with van der Waals surface area (Å²) in [5, 5.41) is 2.94. The second-order valence-corrected chi connectivity index (χ2v) is 7.07. The number of halogens is 3. The highest BCUT2D eigenvalue weighted by Crippen LogP contribution is 2.32. The van der Waals surface area contributed by atoms with Crippen LogP contribution in [0.1, 0.15) is 22.3 Å². The molecule has 29 heavy (non-hydrogen) atoms. The Balaban J connectivity index is 1.48. The van der Waals surface area contributed by atoms with Crippen LogP contribution in [0.2, 0.25) is 0 Å². The second kappa shape index (κ2) is 9.17. The Labute approximate surface area is 168 Å². The molecule has 0 atom stereocenters. The Hall–Kier alpha value is -2.74. The van der Waals surface area contributed by atoms with Crippen molar-refractivity contribution in [2.24, 2.45) is 5.73 Å². The maximum absolute atomic E-state index is 12.9. The highest BCUT2D eigenvalue weighted by molar-refractivity contribution is 5.98. The lowest BCUT2D eigenvalue weighted by atomic mass is 10.1. The maximum Gasteiger partial charge on any atom is 0.416 e. The zero-order chi connectivity index (χ0) is 20.9. The van der Waals surface area contributed by atoms with Crippen LogP contribution in [-0.2, 0) is 6.18 Å². The Bertz CT molecular complexity index is 818. The summed E-state index contributed by atoms with van der Waals surface area (Å²) in [5.74, 6) is -0.752. The van der Waals surface area contributed by atoms with Crippen molar-refractivity contribution in [3.8, 4) is 0 Å². The minimum Gasteiger partial charge on any atom is -0.384 e. The summed E-state index contributed by atoms with van der Waals surface area (Å²) < 4.78 is 38.8. The molecule has 1 aliphatic heterocycles. The van der Waals surface area contributed by atoms with Gasteiger partial charge >= 0.3 is 6.18 Å². The van der Waals surface area contributed by atoms with Gasteiger partial charge in [0.1, 0.15) is 0 Å². The highest BCUT2D eigenvalue weighted by Gasteiger charge is 2.31. The number of piperazine rings is 1. The molecule has 0 aromatic heterocycles. The van der Waals surface area contributed by atoms with Gasteiger partial charge in [0.15, 0.2) is 0 Å². The molecule has 156 valence electrons. The summed E-state index contributed by atoms with van der Waals surface area (Å²) in [6.07, 6.45) is -3.72. The fourth-order valence-electron chi connectivity index (χ4n) is 3.48. The van der Waals surface area contributed by atoms with Crippen LogP contribution < -0.4 is 16.0 Å². The predicted octanol–water partition coefficient (Wildman–Crippen LogP) is 3.43. The van der Waals surface area contributed by atoms with Gasteiger partial charge in [0.05, 0.1) is 11.1 Å². The number of para-hydroxylation sites is 1. The van der Waals surface area contributed by atoms with E-state index in [-0.39, 0.29) is 11.3 Å². The average molecular weight is 406 g/mol. The van der Waals surface area contributed by atoms with Crippen LogP contribution in [0.15, 0.2) is 48.5 Å². The van der Waals surface area contributed by atoms with Gasteiger partial charge in [-0.05, 0) is 43.3 Å². The van der Waals surface area contributed by atoms with Gasteiger partial charge in [-0.2, -0.15) is 13.2 Å². The first-order chi connectivity index (χ1) is 13.8. The van der Waals surface area contributed by atoms with Crippen LogP contribution in [0.25, 0.3) is 0 Å². The lowest BCUT2D eigenvalue weighted by Crippen LogP contribution is -2.46. The summed E-state index contributed by atoms with van der Waals surface area (Å²) in [6.45, 7) is 5.05. The Morgan fingerprint density at radius 1 is 1.03 bits per heavy atom. The number of benzene rings is 2. The van der Waals surface area contributed by atoms with Gasteiger partial charge in [0, 0.05) is 44.1 Å². The molecule has 3 N–H and O–H groups in total. The summed E-state index contributed by atoms with van der Waals surface area (Å²) in [5.41, 5.74) is 5.89. The van der Waals surface area contributed by atoms with Crippen LogP contribution in [0.5, 0.6) is 0 Å². The molecule has 0 aliphatic carbocycles. The van der Waals surface area contributed by atoms with E-state index < -0.39 is 17.6 Å². The maximum atomic E-state index is 12.9. The molecular weight excluding hydrogens is 381 g/mol. The number of hydrogen-bond donors (Lipinski definition) is 2. The van der Waals surface area contributed by atoms with E-state index in [9.17, 15) is 18.0 Å². The number of alkyl halides is 3. The van der Waals surface area contributed by atoms with Crippen molar-refractivity contribution in [2.75, 3.05) is 49.5 Å². The molecule has 1 aliphatic rings. The van der Waals surface area contributed by atoms with Crippen LogP contribution >= 0.6 is 0 Å². The van der Waals surface area contributed by atoms with Crippen LogP contribution in [0.3, 0.4) is 0 Å². The summed E-state index contributed by atoms with van der Waals surface area (Å²) in [7, 11) is 0. The molecule has 1 saturated heterocycles. The molecule has 1 fully saturated rings. The van der Waals surface area contributed by atoms with E-state index in [1.54, 1.807) is 0 Å². The van der Waals surface area contributed by atoms with Crippen molar-refractivity contribution in [3.63, 3.8) is 0 Å². The molecular formula is C21H25F3N4O. The Morgan fingerprint density at radius 2 is 1.72 bits per heavy atom. The van der Waals surface area contributed by atoms with Crippen molar-refractivity contribution < 1.29 is 18.0 Å². The molecule has 0 radical (unpaired) electrons. The quantitative estimate of drug-likeness (QED) is 0.692. The third-order valence-electron chi connectivity index (χ3n) is 5.07. The molecule has 1 heterocycles. The third-order valence-corrected chi connectivity index (χ3v) is 5.07. The molecule has 0 bridgehead atoms. The molecule has 2 aromatic carbocycles. The van der Waals surface area contributed by atoms with Gasteiger partial charge in [0.2, 0.25) is 0 Å². The topological polar surface area (TPSA) is 61.6 Å². The number of nitrogens with one attached hydrogen (secondary N) is 1. The fraction of sp³-hybridized carbons (Fsp3) is 0.381. The predicted molar refractivity (Wildman–Crippen MR) is 108 cm³/mol. The minimum absolute atomic E-state index is 0.0643. The van der Waals surface area contributed by atoms with E-state index in [1.165, 1.54) is 5.69 Å². The number of carbonyl (C=O) groups excluding carboxylic acids is 1. The smallest absolute Gasteiger partial charge is 0.384 e. The Morgan fingerprint density at radius 3 is 2.34 bits per heavy atom. The zero-order valence-corrected chi connectivity index (χ0v) is 16.1. The first-order valence-electron chi connectivity index (χ1n) is 9.62. The van der Waals surface area contributed by atoms with E-state index >= 15 is 0 Å². The number of amides is 1. The van der Waals surface area contributed by atoms with Gasteiger partial charge in [0.25, 0.3) is 5.91 Å². The Kier molecular flexibility index (Phi) is 6.64. The molecule has 0 unspecified atom stereocenters. The van der Waals surface area contributed by atoms with Gasteiger partial charge in [-0.15, -0.1) is 0 Å². The minimum atomic E-state index is -4.47. The van der Waals surface area contributed by atoms with Crippen molar-refractivity contribution in [3.05, 3.63) is 59.7 Å². The lowest BCUT2D eigenvalue weighted by molar-refractivity contribution is -0.137. The number of rotatable bonds is 7. The molecule has 5 nitrogen and oxygen atoms in total. The monoisotopic (exact) mass is 406 g/mol. The van der Waals surface area contributed by atoms with E-state index in [4.69, 9.17) is 5.73 Å². The zero-order valence-electron chi connectivity index (χ0n) is 16.1. The number of hydrogen-bond acceptors (Lipinski definition) is 4. The van der Waals surface area contributed by atoms with E-state index in [2.05, 4.69) is 27.2 Å². The fourth-order valence-corrected chi connectivity index (χ4v) is 3.48. The molecule has 0 spiro atoms. The third kappa shape index (κ3) is 5.63. The van der Waals surface area contributed by atoms with Crippen LogP contribution in [-0.4, -0.2) is 50.1 Å². The molecule has 1 amide bonds. The summed E-state index contributed by atoms with van der Waals surface area (Å²) >= 11 is 0. The standard InChI is InChI=1S/C21H25F3N4O/c22-21(23,24)16-7-8-18(20(25)29)19(15-16)26-9-4-10-27-11-13-28(14-12-27)17-5-2-1-3-6-17/h1-3,5-8,15,26H,4,9-14H2,(H2,25,29). The lowest BCUT2D eigenvalue weighted by Gasteiger charge is -2.36. The van der Waals surface area contributed by atoms with E-state index in [0.717, 1.165) is 57.3 Å². The van der Waals surface area contributed by atoms with Gasteiger partial charge < -0.3 is 16.0 Å². The van der Waals surface area contributed by atoms with Gasteiger partial charge in [-0.1, -0.05) is 18.2 Å². The normalized spacial score (nSPS) is 15.3.